The van der Waals surface area contributed by atoms with Gasteiger partial charge in [-0.05, 0) is 17.7 Å². The highest BCUT2D eigenvalue weighted by molar-refractivity contribution is 6.31. The number of aromatic hydroxyl groups is 1. The molecule has 0 fully saturated rings. The minimum absolute atomic E-state index is 0.00835. The molecule has 0 unspecified atom stereocenters. The standard InChI is InChI=1S/C10H11ClO4/c1-15-10(14)5-9(13)7-3-2-6(12)4-8(7)11/h2-4,9,12-13H,5H2,1H3/t9-/m0/s1. The van der Waals surface area contributed by atoms with E-state index >= 15 is 0 Å². The van der Waals surface area contributed by atoms with Crippen LogP contribution in [0.3, 0.4) is 0 Å². The number of esters is 1. The molecule has 4 nitrogen and oxygen atoms in total. The molecule has 0 aliphatic carbocycles. The van der Waals surface area contributed by atoms with E-state index in [0.29, 0.717) is 5.56 Å². The van der Waals surface area contributed by atoms with E-state index in [1.54, 1.807) is 0 Å². The van der Waals surface area contributed by atoms with Gasteiger partial charge in [0.15, 0.2) is 0 Å². The molecule has 0 aliphatic rings. The third-order valence-electron chi connectivity index (χ3n) is 1.93. The number of benzene rings is 1. The summed E-state index contributed by atoms with van der Waals surface area (Å²) in [5.41, 5.74) is 0.389. The van der Waals surface area contributed by atoms with E-state index in [1.807, 2.05) is 0 Å². The lowest BCUT2D eigenvalue weighted by molar-refractivity contribution is -0.142. The van der Waals surface area contributed by atoms with Crippen LogP contribution in [0.25, 0.3) is 0 Å². The van der Waals surface area contributed by atoms with E-state index in [1.165, 1.54) is 25.3 Å². The van der Waals surface area contributed by atoms with E-state index in [-0.39, 0.29) is 17.2 Å². The Balaban J connectivity index is 2.82. The van der Waals surface area contributed by atoms with Gasteiger partial charge in [0, 0.05) is 0 Å². The number of hydrogen-bond acceptors (Lipinski definition) is 4. The maximum absolute atomic E-state index is 10.9. The number of methoxy groups -OCH3 is 1. The molecule has 0 saturated carbocycles. The first-order chi connectivity index (χ1) is 7.04. The van der Waals surface area contributed by atoms with Gasteiger partial charge in [-0.25, -0.2) is 0 Å². The number of phenols is 1. The van der Waals surface area contributed by atoms with Gasteiger partial charge in [0.25, 0.3) is 0 Å². The third-order valence-corrected chi connectivity index (χ3v) is 2.26. The number of phenolic OH excluding ortho intramolecular Hbond substituents is 1. The Morgan fingerprint density at radius 3 is 2.80 bits per heavy atom. The van der Waals surface area contributed by atoms with Gasteiger partial charge in [-0.2, -0.15) is 0 Å². The lowest BCUT2D eigenvalue weighted by Gasteiger charge is -2.11. The van der Waals surface area contributed by atoms with Crippen molar-refractivity contribution in [3.8, 4) is 5.75 Å². The second-order valence-corrected chi connectivity index (χ2v) is 3.41. The zero-order chi connectivity index (χ0) is 11.4. The molecule has 0 radical (unpaired) electrons. The molecule has 0 aromatic heterocycles. The zero-order valence-corrected chi connectivity index (χ0v) is 8.86. The average Bonchev–Trinajstić information content (AvgIpc) is 2.17. The molecule has 1 aromatic rings. The van der Waals surface area contributed by atoms with E-state index in [0.717, 1.165) is 0 Å². The van der Waals surface area contributed by atoms with Gasteiger partial charge in [0.05, 0.1) is 24.7 Å². The Morgan fingerprint density at radius 2 is 2.27 bits per heavy atom. The van der Waals surface area contributed by atoms with Gasteiger partial charge in [-0.1, -0.05) is 17.7 Å². The molecule has 0 saturated heterocycles. The Morgan fingerprint density at radius 1 is 1.60 bits per heavy atom. The number of aliphatic hydroxyl groups excluding tert-OH is 1. The Labute approximate surface area is 92.1 Å². The SMILES string of the molecule is COC(=O)C[C@H](O)c1ccc(O)cc1Cl. The predicted molar refractivity (Wildman–Crippen MR) is 54.7 cm³/mol. The maximum Gasteiger partial charge on any atom is 0.308 e. The van der Waals surface area contributed by atoms with E-state index in [4.69, 9.17) is 16.7 Å². The Kier molecular flexibility index (Phi) is 3.94. The second-order valence-electron chi connectivity index (χ2n) is 3.00. The molecule has 0 aliphatic heterocycles. The van der Waals surface area contributed by atoms with E-state index < -0.39 is 12.1 Å². The summed E-state index contributed by atoms with van der Waals surface area (Å²) in [5.74, 6) is -0.513. The van der Waals surface area contributed by atoms with Crippen LogP contribution < -0.4 is 0 Å². The Bertz CT molecular complexity index is 364. The van der Waals surface area contributed by atoms with Crippen molar-refractivity contribution in [2.24, 2.45) is 0 Å². The van der Waals surface area contributed by atoms with Gasteiger partial charge in [0.2, 0.25) is 0 Å². The molecular weight excluding hydrogens is 220 g/mol. The molecule has 1 aromatic carbocycles. The van der Waals surface area contributed by atoms with Gasteiger partial charge < -0.3 is 14.9 Å². The number of rotatable bonds is 3. The molecule has 0 spiro atoms. The maximum atomic E-state index is 10.9. The third kappa shape index (κ3) is 3.11. The van der Waals surface area contributed by atoms with Crippen molar-refractivity contribution in [2.75, 3.05) is 7.11 Å². The van der Waals surface area contributed by atoms with Gasteiger partial charge >= 0.3 is 5.97 Å². The van der Waals surface area contributed by atoms with Crippen molar-refractivity contribution < 1.29 is 19.7 Å². The minimum atomic E-state index is -1.02. The molecule has 1 rings (SSSR count). The predicted octanol–water partition coefficient (Wildman–Crippen LogP) is 1.64. The smallest absolute Gasteiger partial charge is 0.308 e. The summed E-state index contributed by atoms with van der Waals surface area (Å²) >= 11 is 5.78. The van der Waals surface area contributed by atoms with Crippen LogP contribution in [0, 0.1) is 0 Å². The number of carbonyl (C=O) groups excluding carboxylic acids is 1. The fourth-order valence-electron chi connectivity index (χ4n) is 1.14. The first-order valence-corrected chi connectivity index (χ1v) is 4.65. The fourth-order valence-corrected chi connectivity index (χ4v) is 1.44. The zero-order valence-electron chi connectivity index (χ0n) is 8.11. The monoisotopic (exact) mass is 230 g/mol. The van der Waals surface area contributed by atoms with Crippen LogP contribution in [0.1, 0.15) is 18.1 Å². The van der Waals surface area contributed by atoms with Gasteiger partial charge in [0.1, 0.15) is 5.75 Å². The van der Waals surface area contributed by atoms with Crippen molar-refractivity contribution in [2.45, 2.75) is 12.5 Å². The molecule has 5 heteroatoms. The molecule has 0 heterocycles. The van der Waals surface area contributed by atoms with Crippen molar-refractivity contribution in [3.63, 3.8) is 0 Å². The molecule has 0 amide bonds. The van der Waals surface area contributed by atoms with Crippen LogP contribution >= 0.6 is 11.6 Å². The average molecular weight is 231 g/mol. The van der Waals surface area contributed by atoms with Crippen molar-refractivity contribution in [3.05, 3.63) is 28.8 Å². The molecule has 2 N–H and O–H groups in total. The summed E-state index contributed by atoms with van der Waals surface area (Å²) in [7, 11) is 1.24. The van der Waals surface area contributed by atoms with Crippen molar-refractivity contribution >= 4 is 17.6 Å². The van der Waals surface area contributed by atoms with Crippen LogP contribution in [0.5, 0.6) is 5.75 Å². The largest absolute Gasteiger partial charge is 0.508 e. The van der Waals surface area contributed by atoms with Crippen LogP contribution in [-0.4, -0.2) is 23.3 Å². The highest BCUT2D eigenvalue weighted by Crippen LogP contribution is 2.28. The van der Waals surface area contributed by atoms with Crippen LogP contribution in [-0.2, 0) is 9.53 Å². The topological polar surface area (TPSA) is 66.8 Å². The summed E-state index contributed by atoms with van der Waals surface area (Å²) in [5, 5.41) is 18.9. The highest BCUT2D eigenvalue weighted by Gasteiger charge is 2.16. The molecule has 82 valence electrons. The van der Waals surface area contributed by atoms with Gasteiger partial charge in [-0.3, -0.25) is 4.79 Å². The van der Waals surface area contributed by atoms with Crippen molar-refractivity contribution in [1.29, 1.82) is 0 Å². The normalized spacial score (nSPS) is 12.2. The van der Waals surface area contributed by atoms with Crippen LogP contribution in [0.4, 0.5) is 0 Å². The number of halogens is 1. The minimum Gasteiger partial charge on any atom is -0.508 e. The van der Waals surface area contributed by atoms with E-state index in [9.17, 15) is 9.90 Å². The number of carbonyl (C=O) groups is 1. The summed E-state index contributed by atoms with van der Waals surface area (Å²) in [6.07, 6.45) is -1.19. The molecule has 1 atom stereocenters. The summed E-state index contributed by atoms with van der Waals surface area (Å²) < 4.78 is 4.41. The number of ether oxygens (including phenoxy) is 1. The molecular formula is C10H11ClO4. The number of aliphatic hydroxyl groups is 1. The Hall–Kier alpha value is -1.26. The summed E-state index contributed by atoms with van der Waals surface area (Å²) in [6.45, 7) is 0. The molecule has 15 heavy (non-hydrogen) atoms. The van der Waals surface area contributed by atoms with Gasteiger partial charge in [-0.15, -0.1) is 0 Å². The second kappa shape index (κ2) is 5.00. The fraction of sp³-hybridized carbons (Fsp3) is 0.300. The lowest BCUT2D eigenvalue weighted by Crippen LogP contribution is -2.08. The first kappa shape index (κ1) is 11.8. The van der Waals surface area contributed by atoms with Crippen LogP contribution in [0.15, 0.2) is 18.2 Å². The highest BCUT2D eigenvalue weighted by atomic mass is 35.5. The van der Waals surface area contributed by atoms with Crippen LogP contribution in [0.2, 0.25) is 5.02 Å². The first-order valence-electron chi connectivity index (χ1n) is 4.28. The van der Waals surface area contributed by atoms with Crippen molar-refractivity contribution in [1.82, 2.24) is 0 Å². The summed E-state index contributed by atoms with van der Waals surface area (Å²) in [6, 6.07) is 4.16. The number of hydrogen-bond donors (Lipinski definition) is 2. The quantitative estimate of drug-likeness (QED) is 0.775. The molecule has 0 bridgehead atoms. The van der Waals surface area contributed by atoms with E-state index in [2.05, 4.69) is 4.74 Å². The lowest BCUT2D eigenvalue weighted by atomic mass is 10.1. The summed E-state index contributed by atoms with van der Waals surface area (Å²) in [4.78, 5) is 10.9.